The molecule has 0 aliphatic carbocycles. The van der Waals surface area contributed by atoms with Crippen molar-refractivity contribution in [3.63, 3.8) is 0 Å². The Kier molecular flexibility index (Phi) is 4.37. The highest BCUT2D eigenvalue weighted by molar-refractivity contribution is 7.90. The average molecular weight is 307 g/mol. The fraction of sp³-hybridized carbons (Fsp3) is 0.200. The second kappa shape index (κ2) is 6.05. The zero-order chi connectivity index (χ0) is 15.5. The maximum absolute atomic E-state index is 12.5. The van der Waals surface area contributed by atoms with Crippen LogP contribution in [0.3, 0.4) is 0 Å². The van der Waals surface area contributed by atoms with Crippen molar-refractivity contribution in [1.29, 1.82) is 0 Å². The second-order valence-corrected chi connectivity index (χ2v) is 6.50. The van der Waals surface area contributed by atoms with Gasteiger partial charge in [-0.1, -0.05) is 6.07 Å². The van der Waals surface area contributed by atoms with Gasteiger partial charge in [0.1, 0.15) is 11.5 Å². The lowest BCUT2D eigenvalue weighted by atomic mass is 10.2. The van der Waals surface area contributed by atoms with Crippen LogP contribution in [0.1, 0.15) is 5.56 Å². The molecule has 21 heavy (non-hydrogen) atoms. The molecule has 0 aliphatic heterocycles. The smallest absolute Gasteiger partial charge is 0.182 e. The van der Waals surface area contributed by atoms with E-state index in [1.807, 2.05) is 0 Å². The van der Waals surface area contributed by atoms with Gasteiger partial charge in [0.05, 0.1) is 24.9 Å². The number of nitrogens with two attached hydrogens (primary N) is 1. The van der Waals surface area contributed by atoms with Crippen molar-refractivity contribution >= 4 is 15.5 Å². The zero-order valence-corrected chi connectivity index (χ0v) is 12.7. The molecule has 5 nitrogen and oxygen atoms in total. The van der Waals surface area contributed by atoms with Crippen LogP contribution in [-0.4, -0.2) is 22.6 Å². The van der Waals surface area contributed by atoms with Crippen LogP contribution in [0.15, 0.2) is 47.4 Å². The molecule has 0 aliphatic rings. The van der Waals surface area contributed by atoms with Gasteiger partial charge in [0.15, 0.2) is 9.84 Å². The molecule has 0 aromatic heterocycles. The summed E-state index contributed by atoms with van der Waals surface area (Å²) in [4.78, 5) is 0.200. The van der Waals surface area contributed by atoms with Gasteiger partial charge in [0.2, 0.25) is 0 Å². The highest BCUT2D eigenvalue weighted by atomic mass is 32.2. The van der Waals surface area contributed by atoms with Crippen LogP contribution in [0.4, 0.5) is 5.69 Å². The lowest BCUT2D eigenvalue weighted by molar-refractivity contribution is 0.411. The molecular weight excluding hydrogens is 290 g/mol. The Balaban J connectivity index is 2.39. The number of hydrogen-bond donors (Lipinski definition) is 1. The number of methoxy groups -OCH3 is 2. The minimum absolute atomic E-state index is 0.186. The van der Waals surface area contributed by atoms with E-state index in [1.165, 1.54) is 26.4 Å². The predicted molar refractivity (Wildman–Crippen MR) is 81.3 cm³/mol. The molecule has 0 radical (unpaired) electrons. The van der Waals surface area contributed by atoms with E-state index >= 15 is 0 Å². The molecule has 0 amide bonds. The molecule has 112 valence electrons. The van der Waals surface area contributed by atoms with Crippen LogP contribution in [0.25, 0.3) is 0 Å². The van der Waals surface area contributed by atoms with Crippen molar-refractivity contribution < 1.29 is 17.9 Å². The van der Waals surface area contributed by atoms with E-state index in [0.717, 1.165) is 0 Å². The highest BCUT2D eigenvalue weighted by Crippen LogP contribution is 2.27. The zero-order valence-electron chi connectivity index (χ0n) is 11.9. The van der Waals surface area contributed by atoms with E-state index in [9.17, 15) is 8.42 Å². The lowest BCUT2D eigenvalue weighted by Gasteiger charge is -2.11. The number of nitrogen functional groups attached to an aromatic ring is 1. The molecule has 2 aromatic rings. The standard InChI is InChI=1S/C15H17NO4S/c1-19-13-4-3-5-14(9-13)21(17,18)10-11-8-12(16)6-7-15(11)20-2/h3-9H,10,16H2,1-2H3. The van der Waals surface area contributed by atoms with Crippen molar-refractivity contribution in [3.8, 4) is 11.5 Å². The maximum atomic E-state index is 12.5. The van der Waals surface area contributed by atoms with Gasteiger partial charge in [-0.15, -0.1) is 0 Å². The van der Waals surface area contributed by atoms with Crippen LogP contribution in [-0.2, 0) is 15.6 Å². The maximum Gasteiger partial charge on any atom is 0.182 e. The lowest BCUT2D eigenvalue weighted by Crippen LogP contribution is -2.07. The summed E-state index contributed by atoms with van der Waals surface area (Å²) < 4.78 is 35.2. The van der Waals surface area contributed by atoms with Gasteiger partial charge in [-0.25, -0.2) is 8.42 Å². The highest BCUT2D eigenvalue weighted by Gasteiger charge is 2.18. The number of sulfone groups is 1. The molecule has 2 rings (SSSR count). The molecule has 0 atom stereocenters. The predicted octanol–water partition coefficient (Wildman–Crippen LogP) is 2.26. The number of rotatable bonds is 5. The molecule has 0 saturated heterocycles. The Hall–Kier alpha value is -2.21. The summed E-state index contributed by atoms with van der Waals surface area (Å²) in [5.74, 6) is 0.806. The molecule has 0 heterocycles. The Morgan fingerprint density at radius 1 is 1.05 bits per heavy atom. The average Bonchev–Trinajstić information content (AvgIpc) is 2.47. The quantitative estimate of drug-likeness (QED) is 0.857. The van der Waals surface area contributed by atoms with Gasteiger partial charge in [-0.05, 0) is 36.4 Å². The van der Waals surface area contributed by atoms with Crippen LogP contribution >= 0.6 is 0 Å². The van der Waals surface area contributed by atoms with Crippen molar-refractivity contribution in [2.45, 2.75) is 10.6 Å². The summed E-state index contributed by atoms with van der Waals surface area (Å²) in [6, 6.07) is 11.3. The first kappa shape index (κ1) is 15.2. The molecular formula is C15H17NO4S. The normalized spacial score (nSPS) is 11.1. The number of benzene rings is 2. The number of anilines is 1. The summed E-state index contributed by atoms with van der Waals surface area (Å²) in [5, 5.41) is 0. The summed E-state index contributed by atoms with van der Waals surface area (Å²) in [7, 11) is -0.525. The van der Waals surface area contributed by atoms with E-state index in [4.69, 9.17) is 15.2 Å². The van der Waals surface area contributed by atoms with Gasteiger partial charge in [0.25, 0.3) is 0 Å². The van der Waals surface area contributed by atoms with E-state index < -0.39 is 9.84 Å². The third-order valence-electron chi connectivity index (χ3n) is 3.05. The van der Waals surface area contributed by atoms with Gasteiger partial charge in [0, 0.05) is 11.3 Å². The van der Waals surface area contributed by atoms with Crippen LogP contribution in [0.5, 0.6) is 11.5 Å². The summed E-state index contributed by atoms with van der Waals surface area (Å²) in [6.07, 6.45) is 0. The Morgan fingerprint density at radius 3 is 2.48 bits per heavy atom. The first-order chi connectivity index (χ1) is 9.96. The Labute approximate surface area is 124 Å². The minimum atomic E-state index is -3.51. The van der Waals surface area contributed by atoms with Gasteiger partial charge in [-0.2, -0.15) is 0 Å². The SMILES string of the molecule is COc1cccc(S(=O)(=O)Cc2cc(N)ccc2OC)c1. The molecule has 0 unspecified atom stereocenters. The van der Waals surface area contributed by atoms with Crippen molar-refractivity contribution in [2.75, 3.05) is 20.0 Å². The van der Waals surface area contributed by atoms with Gasteiger partial charge >= 0.3 is 0 Å². The molecule has 0 spiro atoms. The van der Waals surface area contributed by atoms with E-state index in [2.05, 4.69) is 0 Å². The minimum Gasteiger partial charge on any atom is -0.497 e. The molecule has 0 saturated carbocycles. The third-order valence-corrected chi connectivity index (χ3v) is 4.71. The van der Waals surface area contributed by atoms with Crippen LogP contribution in [0, 0.1) is 0 Å². The second-order valence-electron chi connectivity index (χ2n) is 4.51. The largest absolute Gasteiger partial charge is 0.497 e. The summed E-state index contributed by atoms with van der Waals surface area (Å²) in [6.45, 7) is 0. The fourth-order valence-corrected chi connectivity index (χ4v) is 3.38. The first-order valence-electron chi connectivity index (χ1n) is 6.25. The molecule has 2 N–H and O–H groups in total. The van der Waals surface area contributed by atoms with Crippen molar-refractivity contribution in [3.05, 3.63) is 48.0 Å². The fourth-order valence-electron chi connectivity index (χ4n) is 1.99. The van der Waals surface area contributed by atoms with E-state index in [0.29, 0.717) is 22.7 Å². The first-order valence-corrected chi connectivity index (χ1v) is 7.90. The summed E-state index contributed by atoms with van der Waals surface area (Å²) in [5.41, 5.74) is 6.74. The molecule has 6 heteroatoms. The molecule has 0 fully saturated rings. The van der Waals surface area contributed by atoms with Gasteiger partial charge < -0.3 is 15.2 Å². The third kappa shape index (κ3) is 3.46. The molecule has 2 aromatic carbocycles. The van der Waals surface area contributed by atoms with Crippen molar-refractivity contribution in [2.24, 2.45) is 0 Å². The topological polar surface area (TPSA) is 78.6 Å². The Morgan fingerprint density at radius 2 is 1.81 bits per heavy atom. The van der Waals surface area contributed by atoms with Crippen LogP contribution in [0.2, 0.25) is 0 Å². The van der Waals surface area contributed by atoms with Crippen molar-refractivity contribution in [1.82, 2.24) is 0 Å². The van der Waals surface area contributed by atoms with Gasteiger partial charge in [-0.3, -0.25) is 0 Å². The number of ether oxygens (including phenoxy) is 2. The van der Waals surface area contributed by atoms with E-state index in [1.54, 1.807) is 30.3 Å². The van der Waals surface area contributed by atoms with Crippen LogP contribution < -0.4 is 15.2 Å². The molecule has 0 bridgehead atoms. The summed E-state index contributed by atoms with van der Waals surface area (Å²) >= 11 is 0. The Bertz CT molecular complexity index is 741. The number of hydrogen-bond acceptors (Lipinski definition) is 5. The van der Waals surface area contributed by atoms with E-state index in [-0.39, 0.29) is 10.6 Å². The monoisotopic (exact) mass is 307 g/mol.